The van der Waals surface area contributed by atoms with Gasteiger partial charge in [0.25, 0.3) is 0 Å². The summed E-state index contributed by atoms with van der Waals surface area (Å²) in [6, 6.07) is 15.6. The molecule has 188 valence electrons. The number of nitrogens with zero attached hydrogens (tertiary/aromatic N) is 1. The average Bonchev–Trinajstić information content (AvgIpc) is 2.79. The van der Waals surface area contributed by atoms with Crippen LogP contribution < -0.4 is 10.6 Å². The highest BCUT2D eigenvalue weighted by Crippen LogP contribution is 2.40. The summed E-state index contributed by atoms with van der Waals surface area (Å²) in [4.78, 5) is 4.79. The molecule has 2 N–H and O–H groups in total. The lowest BCUT2D eigenvalue weighted by Gasteiger charge is -2.25. The van der Waals surface area contributed by atoms with Gasteiger partial charge in [0.2, 0.25) is 0 Å². The van der Waals surface area contributed by atoms with Crippen LogP contribution in [0.5, 0.6) is 0 Å². The third kappa shape index (κ3) is 6.07. The summed E-state index contributed by atoms with van der Waals surface area (Å²) in [5.74, 6) is 3.02. The van der Waals surface area contributed by atoms with Gasteiger partial charge in [0.1, 0.15) is 0 Å². The fourth-order valence-corrected chi connectivity index (χ4v) is 4.65. The van der Waals surface area contributed by atoms with Gasteiger partial charge in [-0.2, -0.15) is 0 Å². The molecule has 0 unspecified atom stereocenters. The summed E-state index contributed by atoms with van der Waals surface area (Å²) in [7, 11) is 0. The molecule has 1 aromatic heterocycles. The Morgan fingerprint density at radius 2 is 1.03 bits per heavy atom. The normalized spacial score (nSPS) is 11.9. The molecule has 0 amide bonds. The molecule has 3 aromatic rings. The molecular formula is C32H45N3. The smallest absolute Gasteiger partial charge is 0.154 e. The molecule has 3 nitrogen and oxygen atoms in total. The van der Waals surface area contributed by atoms with Gasteiger partial charge in [0.05, 0.1) is 5.69 Å². The average molecular weight is 472 g/mol. The summed E-state index contributed by atoms with van der Waals surface area (Å²) < 4.78 is 0. The maximum atomic E-state index is 4.79. The third-order valence-electron chi connectivity index (χ3n) is 6.82. The first-order valence-corrected chi connectivity index (χ1v) is 13.3. The molecule has 3 heteroatoms. The van der Waals surface area contributed by atoms with Crippen LogP contribution >= 0.6 is 0 Å². The van der Waals surface area contributed by atoms with Crippen LogP contribution in [0, 0.1) is 0 Å². The van der Waals surface area contributed by atoms with E-state index in [1.165, 1.54) is 39.2 Å². The molecule has 3 rings (SSSR count). The molecule has 0 saturated heterocycles. The number of para-hydroxylation sites is 1. The van der Waals surface area contributed by atoms with Crippen LogP contribution in [0.25, 0.3) is 0 Å². The van der Waals surface area contributed by atoms with Crippen LogP contribution in [-0.2, 0) is 0 Å². The molecule has 0 saturated carbocycles. The van der Waals surface area contributed by atoms with Crippen LogP contribution in [0.1, 0.15) is 127 Å². The fourth-order valence-electron chi connectivity index (χ4n) is 4.65. The summed E-state index contributed by atoms with van der Waals surface area (Å²) in [6.07, 6.45) is 1.87. The molecule has 2 aromatic carbocycles. The lowest BCUT2D eigenvalue weighted by atomic mass is 9.87. The van der Waals surface area contributed by atoms with Gasteiger partial charge in [-0.05, 0) is 69.5 Å². The lowest BCUT2D eigenvalue weighted by Crippen LogP contribution is -2.09. The molecular weight excluding hydrogens is 426 g/mol. The van der Waals surface area contributed by atoms with E-state index in [0.29, 0.717) is 29.6 Å². The van der Waals surface area contributed by atoms with Crippen LogP contribution in [0.3, 0.4) is 0 Å². The highest BCUT2D eigenvalue weighted by Gasteiger charge is 2.20. The van der Waals surface area contributed by atoms with E-state index < -0.39 is 0 Å². The van der Waals surface area contributed by atoms with Crippen LogP contribution in [0.4, 0.5) is 22.9 Å². The highest BCUT2D eigenvalue weighted by atomic mass is 15.0. The first-order valence-electron chi connectivity index (χ1n) is 13.3. The first-order chi connectivity index (χ1) is 16.5. The van der Waals surface area contributed by atoms with E-state index in [0.717, 1.165) is 11.5 Å². The highest BCUT2D eigenvalue weighted by molar-refractivity contribution is 5.80. The topological polar surface area (TPSA) is 37.0 Å². The zero-order chi connectivity index (χ0) is 25.9. The van der Waals surface area contributed by atoms with Crippen molar-refractivity contribution in [1.29, 1.82) is 0 Å². The predicted molar refractivity (Wildman–Crippen MR) is 154 cm³/mol. The Hall–Kier alpha value is -2.81. The Labute approximate surface area is 213 Å². The Morgan fingerprint density at radius 3 is 1.49 bits per heavy atom. The second-order valence-electron chi connectivity index (χ2n) is 11.3. The predicted octanol–water partition coefficient (Wildman–Crippen LogP) is 10.2. The summed E-state index contributed by atoms with van der Waals surface area (Å²) in [6.45, 7) is 22.7. The number of pyridine rings is 1. The molecule has 0 aliphatic carbocycles. The molecule has 0 aliphatic rings. The number of anilines is 4. The largest absolute Gasteiger partial charge is 0.352 e. The van der Waals surface area contributed by atoms with Gasteiger partial charge in [-0.15, -0.1) is 0 Å². The van der Waals surface area contributed by atoms with Crippen molar-refractivity contribution >= 4 is 22.9 Å². The third-order valence-corrected chi connectivity index (χ3v) is 6.82. The van der Waals surface area contributed by atoms with Gasteiger partial charge in [-0.25, -0.2) is 4.98 Å². The molecule has 0 spiro atoms. The van der Waals surface area contributed by atoms with Crippen molar-refractivity contribution < 1.29 is 0 Å². The van der Waals surface area contributed by atoms with Gasteiger partial charge < -0.3 is 10.6 Å². The van der Waals surface area contributed by atoms with E-state index in [1.54, 1.807) is 0 Å². The SMILES string of the molecule is CC(C)c1cc(C(C)C)c(Nc2cccnc2Nc2c(C(C)C)cccc2C(C)C)c(C(C)C)c1. The van der Waals surface area contributed by atoms with E-state index in [4.69, 9.17) is 4.98 Å². The number of hydrogen-bond donors (Lipinski definition) is 2. The minimum Gasteiger partial charge on any atom is -0.352 e. The lowest BCUT2D eigenvalue weighted by molar-refractivity contribution is 0.808. The molecule has 35 heavy (non-hydrogen) atoms. The maximum Gasteiger partial charge on any atom is 0.154 e. The van der Waals surface area contributed by atoms with Gasteiger partial charge in [0.15, 0.2) is 5.82 Å². The standard InChI is InChI=1S/C32H45N3/c1-19(2)24-17-27(22(7)8)31(28(18-24)23(9)10)34-29-15-12-16-33-32(29)35-30-25(20(3)4)13-11-14-26(30)21(5)6/h11-23,34H,1-10H3,(H,33,35). The Bertz CT molecular complexity index is 1080. The van der Waals surface area contributed by atoms with Crippen LogP contribution in [0.2, 0.25) is 0 Å². The van der Waals surface area contributed by atoms with E-state index in [-0.39, 0.29) is 0 Å². The van der Waals surface area contributed by atoms with Gasteiger partial charge in [-0.3, -0.25) is 0 Å². The van der Waals surface area contributed by atoms with E-state index >= 15 is 0 Å². The molecule has 0 bridgehead atoms. The monoisotopic (exact) mass is 471 g/mol. The van der Waals surface area contributed by atoms with Gasteiger partial charge in [-0.1, -0.05) is 99.6 Å². The molecule has 0 aliphatic heterocycles. The van der Waals surface area contributed by atoms with Crippen LogP contribution in [0.15, 0.2) is 48.7 Å². The first kappa shape index (κ1) is 26.8. The Morgan fingerprint density at radius 1 is 0.543 bits per heavy atom. The summed E-state index contributed by atoms with van der Waals surface area (Å²) in [5.41, 5.74) is 10.2. The minimum atomic E-state index is 0.413. The molecule has 0 atom stereocenters. The Balaban J connectivity index is 2.13. The fraction of sp³-hybridized carbons (Fsp3) is 0.469. The van der Waals surface area contributed by atoms with E-state index in [1.807, 2.05) is 12.3 Å². The van der Waals surface area contributed by atoms with Gasteiger partial charge >= 0.3 is 0 Å². The van der Waals surface area contributed by atoms with Crippen molar-refractivity contribution in [2.24, 2.45) is 0 Å². The summed E-state index contributed by atoms with van der Waals surface area (Å²) >= 11 is 0. The van der Waals surface area contributed by atoms with Crippen molar-refractivity contribution in [1.82, 2.24) is 4.98 Å². The molecule has 1 heterocycles. The minimum absolute atomic E-state index is 0.413. The van der Waals surface area contributed by atoms with Gasteiger partial charge in [0, 0.05) is 17.6 Å². The quantitative estimate of drug-likeness (QED) is 0.326. The van der Waals surface area contributed by atoms with E-state index in [9.17, 15) is 0 Å². The maximum absolute atomic E-state index is 4.79. The number of benzene rings is 2. The number of hydrogen-bond acceptors (Lipinski definition) is 3. The summed E-state index contributed by atoms with van der Waals surface area (Å²) in [5, 5.41) is 7.58. The zero-order valence-corrected chi connectivity index (χ0v) is 23.5. The van der Waals surface area contributed by atoms with E-state index in [2.05, 4.69) is 116 Å². The second-order valence-corrected chi connectivity index (χ2v) is 11.3. The van der Waals surface area contributed by atoms with Crippen LogP contribution in [-0.4, -0.2) is 4.98 Å². The van der Waals surface area contributed by atoms with Crippen molar-refractivity contribution in [3.63, 3.8) is 0 Å². The molecule has 0 radical (unpaired) electrons. The number of aromatic nitrogens is 1. The van der Waals surface area contributed by atoms with Crippen molar-refractivity contribution in [2.75, 3.05) is 10.6 Å². The van der Waals surface area contributed by atoms with Crippen molar-refractivity contribution in [3.8, 4) is 0 Å². The second kappa shape index (κ2) is 11.3. The van der Waals surface area contributed by atoms with Crippen molar-refractivity contribution in [2.45, 2.75) is 98.8 Å². The van der Waals surface area contributed by atoms with Crippen molar-refractivity contribution in [3.05, 3.63) is 76.5 Å². The number of rotatable bonds is 9. The Kier molecular flexibility index (Phi) is 8.64. The zero-order valence-electron chi connectivity index (χ0n) is 23.5. The molecule has 0 fully saturated rings. The number of nitrogens with one attached hydrogen (secondary N) is 2.